The summed E-state index contributed by atoms with van der Waals surface area (Å²) in [6.45, 7) is 15.1. The van der Waals surface area contributed by atoms with Crippen molar-refractivity contribution >= 4 is 29.5 Å². The fourth-order valence-electron chi connectivity index (χ4n) is 5.34. The molecular formula is C32H51N5O5. The highest BCUT2D eigenvalue weighted by molar-refractivity contribution is 5.98. The van der Waals surface area contributed by atoms with Crippen molar-refractivity contribution < 1.29 is 24.0 Å². The third-order valence-corrected chi connectivity index (χ3v) is 7.49. The van der Waals surface area contributed by atoms with E-state index < -0.39 is 59.7 Å². The second-order valence-corrected chi connectivity index (χ2v) is 13.0. The smallest absolute Gasteiger partial charge is 0.245 e. The van der Waals surface area contributed by atoms with Gasteiger partial charge in [0.1, 0.15) is 30.2 Å². The minimum atomic E-state index is -0.984. The Bertz CT molecular complexity index is 1090. The van der Waals surface area contributed by atoms with E-state index in [9.17, 15) is 24.0 Å². The maximum atomic E-state index is 14.0. The number of carbonyl (C=O) groups excluding carboxylic acids is 5. The fourth-order valence-corrected chi connectivity index (χ4v) is 5.34. The van der Waals surface area contributed by atoms with Gasteiger partial charge in [0.05, 0.1) is 0 Å². The largest absolute Gasteiger partial charge is 0.343 e. The van der Waals surface area contributed by atoms with Crippen LogP contribution >= 0.6 is 0 Å². The molecule has 1 saturated heterocycles. The number of benzene rings is 1. The van der Waals surface area contributed by atoms with E-state index in [1.807, 2.05) is 85.7 Å². The van der Waals surface area contributed by atoms with Crippen molar-refractivity contribution in [1.82, 2.24) is 26.2 Å². The standard InChI is InChI=1S/C32H51N5O5/c1-18(2)15-23-28(38)35-25(17-22-13-11-10-12-14-22)32(42)37(9)27(21(7)8)31(41)34-24(16-19(3)4)29(39)36-26(20(5)6)30(40)33-23/h10-14,18-21,23-27H,15-17H2,1-9H3,(H,33,40)(H,34,41)(H,35,38)(H,36,39)/t23-,24-,25-,26-,27-/m0/s1. The van der Waals surface area contributed by atoms with Gasteiger partial charge < -0.3 is 26.2 Å². The summed E-state index contributed by atoms with van der Waals surface area (Å²) in [4.78, 5) is 69.9. The molecule has 5 amide bonds. The van der Waals surface area contributed by atoms with Gasteiger partial charge in [-0.05, 0) is 42.1 Å². The summed E-state index contributed by atoms with van der Waals surface area (Å²) in [6, 6.07) is 4.68. The molecule has 5 atom stereocenters. The Morgan fingerprint density at radius 2 is 1.10 bits per heavy atom. The Kier molecular flexibility index (Phi) is 13.0. The predicted molar refractivity (Wildman–Crippen MR) is 163 cm³/mol. The first-order valence-corrected chi connectivity index (χ1v) is 15.1. The Morgan fingerprint density at radius 3 is 1.57 bits per heavy atom. The third kappa shape index (κ3) is 9.84. The van der Waals surface area contributed by atoms with Crippen molar-refractivity contribution in [2.75, 3.05) is 7.05 Å². The summed E-state index contributed by atoms with van der Waals surface area (Å²) in [5, 5.41) is 11.4. The van der Waals surface area contributed by atoms with Crippen molar-refractivity contribution in [3.63, 3.8) is 0 Å². The number of hydrogen-bond donors (Lipinski definition) is 4. The molecule has 0 spiro atoms. The SMILES string of the molecule is CC(C)C[C@@H]1NC(=O)[C@H](C(C)C)NC(=O)[C@H](CC(C)C)NC(=O)[C@H](C(C)C)N(C)C(=O)[C@H](Cc2ccccc2)NC1=O. The second-order valence-electron chi connectivity index (χ2n) is 13.0. The number of nitrogens with one attached hydrogen (secondary N) is 4. The highest BCUT2D eigenvalue weighted by atomic mass is 16.2. The molecule has 1 heterocycles. The molecule has 1 aliphatic rings. The van der Waals surface area contributed by atoms with Crippen LogP contribution in [0, 0.1) is 23.7 Å². The number of carbonyl (C=O) groups is 5. The maximum Gasteiger partial charge on any atom is 0.245 e. The maximum absolute atomic E-state index is 14.0. The summed E-state index contributed by atoms with van der Waals surface area (Å²) >= 11 is 0. The van der Waals surface area contributed by atoms with Crippen LogP contribution in [0.15, 0.2) is 30.3 Å². The van der Waals surface area contributed by atoms with E-state index in [1.54, 1.807) is 7.05 Å². The lowest BCUT2D eigenvalue weighted by molar-refractivity contribution is -0.144. The normalized spacial score (nSPS) is 25.2. The number of rotatable bonds is 8. The first-order valence-electron chi connectivity index (χ1n) is 15.1. The minimum Gasteiger partial charge on any atom is -0.343 e. The first-order chi connectivity index (χ1) is 19.6. The number of likely N-dealkylation sites (N-methyl/N-ethyl adjacent to an activating group) is 1. The molecule has 0 radical (unpaired) electrons. The summed E-state index contributed by atoms with van der Waals surface area (Å²) in [5.74, 6) is -2.82. The summed E-state index contributed by atoms with van der Waals surface area (Å²) < 4.78 is 0. The lowest BCUT2D eigenvalue weighted by Crippen LogP contribution is -2.59. The van der Waals surface area contributed by atoms with Crippen molar-refractivity contribution in [3.05, 3.63) is 35.9 Å². The Morgan fingerprint density at radius 1 is 0.619 bits per heavy atom. The zero-order valence-corrected chi connectivity index (χ0v) is 26.7. The van der Waals surface area contributed by atoms with Crippen LogP contribution in [-0.2, 0) is 30.4 Å². The van der Waals surface area contributed by atoms with Crippen molar-refractivity contribution in [3.8, 4) is 0 Å². The van der Waals surface area contributed by atoms with Gasteiger partial charge in [0, 0.05) is 13.5 Å². The fraction of sp³-hybridized carbons (Fsp3) is 0.656. The molecule has 1 aromatic rings. The van der Waals surface area contributed by atoms with E-state index in [4.69, 9.17) is 0 Å². The van der Waals surface area contributed by atoms with Crippen LogP contribution in [0.4, 0.5) is 0 Å². The monoisotopic (exact) mass is 585 g/mol. The van der Waals surface area contributed by atoms with Gasteiger partial charge in [-0.25, -0.2) is 0 Å². The van der Waals surface area contributed by atoms with Gasteiger partial charge in [0.25, 0.3) is 0 Å². The van der Waals surface area contributed by atoms with Crippen LogP contribution in [0.25, 0.3) is 0 Å². The van der Waals surface area contributed by atoms with Crippen molar-refractivity contribution in [2.45, 2.75) is 105 Å². The molecule has 0 aliphatic carbocycles. The quantitative estimate of drug-likeness (QED) is 0.372. The van der Waals surface area contributed by atoms with Crippen LogP contribution in [0.5, 0.6) is 0 Å². The van der Waals surface area contributed by atoms with E-state index in [0.29, 0.717) is 12.8 Å². The minimum absolute atomic E-state index is 0.0590. The van der Waals surface area contributed by atoms with Crippen LogP contribution < -0.4 is 21.3 Å². The van der Waals surface area contributed by atoms with Crippen molar-refractivity contribution in [2.24, 2.45) is 23.7 Å². The van der Waals surface area contributed by atoms with Gasteiger partial charge in [0.15, 0.2) is 0 Å². The van der Waals surface area contributed by atoms with E-state index in [0.717, 1.165) is 5.56 Å². The molecule has 2 rings (SSSR count). The van der Waals surface area contributed by atoms with E-state index in [-0.39, 0.29) is 30.1 Å². The van der Waals surface area contributed by atoms with Crippen molar-refractivity contribution in [1.29, 1.82) is 0 Å². The zero-order valence-electron chi connectivity index (χ0n) is 26.7. The molecule has 1 fully saturated rings. The highest BCUT2D eigenvalue weighted by Gasteiger charge is 2.38. The molecule has 42 heavy (non-hydrogen) atoms. The molecule has 1 aliphatic heterocycles. The van der Waals surface area contributed by atoms with Gasteiger partial charge in [0.2, 0.25) is 29.5 Å². The molecule has 4 N–H and O–H groups in total. The molecule has 1 aromatic carbocycles. The Balaban J connectivity index is 2.65. The lowest BCUT2D eigenvalue weighted by Gasteiger charge is -2.34. The molecule has 0 bridgehead atoms. The molecule has 0 unspecified atom stereocenters. The van der Waals surface area contributed by atoms with Crippen LogP contribution in [0.3, 0.4) is 0 Å². The Hall–Kier alpha value is -3.43. The third-order valence-electron chi connectivity index (χ3n) is 7.49. The number of hydrogen-bond acceptors (Lipinski definition) is 5. The summed E-state index contributed by atoms with van der Waals surface area (Å²) in [5.41, 5.74) is 0.837. The highest BCUT2D eigenvalue weighted by Crippen LogP contribution is 2.17. The summed E-state index contributed by atoms with van der Waals surface area (Å²) in [7, 11) is 1.55. The van der Waals surface area contributed by atoms with Gasteiger partial charge in [-0.3, -0.25) is 24.0 Å². The van der Waals surface area contributed by atoms with E-state index in [2.05, 4.69) is 21.3 Å². The molecule has 10 heteroatoms. The number of amides is 5. The van der Waals surface area contributed by atoms with Gasteiger partial charge in [-0.2, -0.15) is 0 Å². The average Bonchev–Trinajstić information content (AvgIpc) is 2.89. The topological polar surface area (TPSA) is 137 Å². The first kappa shape index (κ1) is 34.8. The lowest BCUT2D eigenvalue weighted by atomic mass is 9.97. The molecule has 0 aromatic heterocycles. The second kappa shape index (κ2) is 15.7. The average molecular weight is 586 g/mol. The molecule has 234 valence electrons. The molecule has 10 nitrogen and oxygen atoms in total. The van der Waals surface area contributed by atoms with Gasteiger partial charge in [-0.15, -0.1) is 0 Å². The van der Waals surface area contributed by atoms with Gasteiger partial charge >= 0.3 is 0 Å². The Labute approximate surface area is 251 Å². The molecular weight excluding hydrogens is 534 g/mol. The predicted octanol–water partition coefficient (Wildman–Crippen LogP) is 2.41. The van der Waals surface area contributed by atoms with Gasteiger partial charge in [-0.1, -0.05) is 85.7 Å². The van der Waals surface area contributed by atoms with Crippen LogP contribution in [-0.4, -0.2) is 71.7 Å². The zero-order chi connectivity index (χ0) is 31.7. The molecule has 0 saturated carbocycles. The van der Waals surface area contributed by atoms with E-state index >= 15 is 0 Å². The summed E-state index contributed by atoms with van der Waals surface area (Å²) in [6.07, 6.45) is 0.886. The van der Waals surface area contributed by atoms with Crippen LogP contribution in [0.1, 0.15) is 73.8 Å². The van der Waals surface area contributed by atoms with E-state index in [1.165, 1.54) is 4.90 Å². The number of nitrogens with zero attached hydrogens (tertiary/aromatic N) is 1. The van der Waals surface area contributed by atoms with Crippen LogP contribution in [0.2, 0.25) is 0 Å².